The van der Waals surface area contributed by atoms with Crippen molar-refractivity contribution >= 4 is 17.4 Å². The highest BCUT2D eigenvalue weighted by atomic mass is 32.2. The van der Waals surface area contributed by atoms with Crippen LogP contribution in [0.25, 0.3) is 11.3 Å². The highest BCUT2D eigenvalue weighted by Crippen LogP contribution is 2.40. The highest BCUT2D eigenvalue weighted by Gasteiger charge is 2.27. The van der Waals surface area contributed by atoms with E-state index in [4.69, 9.17) is 9.47 Å². The van der Waals surface area contributed by atoms with Crippen LogP contribution in [0.5, 0.6) is 11.6 Å². The van der Waals surface area contributed by atoms with Gasteiger partial charge in [-0.2, -0.15) is 4.98 Å². The second-order valence-electron chi connectivity index (χ2n) is 6.26. The van der Waals surface area contributed by atoms with E-state index >= 15 is 0 Å². The van der Waals surface area contributed by atoms with Gasteiger partial charge in [0.2, 0.25) is 17.3 Å². The van der Waals surface area contributed by atoms with Crippen LogP contribution in [0.3, 0.4) is 0 Å². The van der Waals surface area contributed by atoms with E-state index in [0.717, 1.165) is 34.7 Å². The van der Waals surface area contributed by atoms with Gasteiger partial charge < -0.3 is 14.8 Å². The Morgan fingerprint density at radius 3 is 2.75 bits per heavy atom. The molecule has 0 saturated heterocycles. The maximum atomic E-state index is 6.32. The van der Waals surface area contributed by atoms with E-state index in [1.165, 1.54) is 11.8 Å². The number of nitrogens with zero attached hydrogens (tertiary/aromatic N) is 3. The molecule has 0 spiro atoms. The van der Waals surface area contributed by atoms with Crippen LogP contribution in [-0.2, 0) is 0 Å². The first kappa shape index (κ1) is 18.6. The molecule has 1 aromatic heterocycles. The molecule has 1 atom stereocenters. The van der Waals surface area contributed by atoms with Gasteiger partial charge in [-0.25, -0.2) is 0 Å². The number of thioether (sulfide) groups is 1. The first-order chi connectivity index (χ1) is 13.8. The van der Waals surface area contributed by atoms with Crippen molar-refractivity contribution in [1.82, 2.24) is 15.2 Å². The van der Waals surface area contributed by atoms with Crippen molar-refractivity contribution in [1.29, 1.82) is 0 Å². The van der Waals surface area contributed by atoms with Crippen LogP contribution >= 0.6 is 11.8 Å². The molecule has 0 amide bonds. The molecule has 2 heterocycles. The van der Waals surface area contributed by atoms with E-state index < -0.39 is 6.23 Å². The molecule has 0 bridgehead atoms. The molecule has 1 N–H and O–H groups in total. The molecule has 2 aromatic carbocycles. The summed E-state index contributed by atoms with van der Waals surface area (Å²) in [4.78, 5) is 4.62. The molecule has 0 radical (unpaired) electrons. The lowest BCUT2D eigenvalue weighted by molar-refractivity contribution is 0.215. The number of rotatable bonds is 6. The van der Waals surface area contributed by atoms with Gasteiger partial charge in [-0.3, -0.25) is 0 Å². The van der Waals surface area contributed by atoms with Crippen LogP contribution in [0, 0.1) is 0 Å². The summed E-state index contributed by atoms with van der Waals surface area (Å²) in [6.45, 7) is 4.80. The molecule has 1 unspecified atom stereocenters. The summed E-state index contributed by atoms with van der Waals surface area (Å²) >= 11 is 1.54. The van der Waals surface area contributed by atoms with Crippen molar-refractivity contribution in [3.63, 3.8) is 0 Å². The molecular weight excluding hydrogens is 372 g/mol. The van der Waals surface area contributed by atoms with Crippen LogP contribution in [0.1, 0.15) is 32.1 Å². The molecule has 4 rings (SSSR count). The molecule has 7 heteroatoms. The summed E-state index contributed by atoms with van der Waals surface area (Å²) in [5, 5.41) is 12.7. The third-order valence-corrected chi connectivity index (χ3v) is 4.99. The van der Waals surface area contributed by atoms with E-state index in [0.29, 0.717) is 23.3 Å². The predicted octanol–water partition coefficient (Wildman–Crippen LogP) is 4.94. The molecule has 28 heavy (non-hydrogen) atoms. The van der Waals surface area contributed by atoms with Gasteiger partial charge in [0.1, 0.15) is 5.75 Å². The fraction of sp³-hybridized carbons (Fsp3) is 0.286. The summed E-state index contributed by atoms with van der Waals surface area (Å²) in [5.74, 6) is 2.14. The van der Waals surface area contributed by atoms with Crippen molar-refractivity contribution in [3.05, 3.63) is 54.1 Å². The normalized spacial score (nSPS) is 14.9. The van der Waals surface area contributed by atoms with Crippen LogP contribution in [0.2, 0.25) is 0 Å². The Morgan fingerprint density at radius 1 is 1.07 bits per heavy atom. The van der Waals surface area contributed by atoms with Crippen LogP contribution < -0.4 is 14.8 Å². The second-order valence-corrected chi connectivity index (χ2v) is 7.49. The van der Waals surface area contributed by atoms with Gasteiger partial charge >= 0.3 is 0 Å². The van der Waals surface area contributed by atoms with Crippen molar-refractivity contribution in [2.45, 2.75) is 31.7 Å². The van der Waals surface area contributed by atoms with Gasteiger partial charge in [0.05, 0.1) is 12.2 Å². The average molecular weight is 395 g/mol. The Bertz CT molecular complexity index is 967. The molecule has 1 aliphatic heterocycles. The number of nitrogens with one attached hydrogen (secondary N) is 1. The first-order valence-corrected chi connectivity index (χ1v) is 10.4. The third kappa shape index (κ3) is 3.75. The molecule has 1 aliphatic rings. The van der Waals surface area contributed by atoms with E-state index in [9.17, 15) is 0 Å². The molecule has 144 valence electrons. The topological polar surface area (TPSA) is 69.2 Å². The molecule has 0 saturated carbocycles. The fourth-order valence-corrected chi connectivity index (χ4v) is 3.52. The van der Waals surface area contributed by atoms with Crippen molar-refractivity contribution < 1.29 is 9.47 Å². The molecule has 6 nitrogen and oxygen atoms in total. The van der Waals surface area contributed by atoms with Gasteiger partial charge in [0, 0.05) is 11.3 Å². The van der Waals surface area contributed by atoms with Gasteiger partial charge in [-0.1, -0.05) is 55.9 Å². The van der Waals surface area contributed by atoms with Crippen molar-refractivity contribution in [2.75, 3.05) is 17.7 Å². The summed E-state index contributed by atoms with van der Waals surface area (Å²) in [7, 11) is 0. The standard InChI is InChI=1S/C21H22N4O2S/c1-3-13-26-17-12-8-6-10-15(17)19-22-16-11-7-5-9-14(16)18-20(27-19)23-21(25-24-18)28-4-2/h5-12,19,22H,3-4,13H2,1-2H3. The lowest BCUT2D eigenvalue weighted by Crippen LogP contribution is -2.18. The highest BCUT2D eigenvalue weighted by molar-refractivity contribution is 7.99. The van der Waals surface area contributed by atoms with Gasteiger partial charge in [0.25, 0.3) is 0 Å². The Hall–Kier alpha value is -2.80. The molecule has 0 fully saturated rings. The lowest BCUT2D eigenvalue weighted by Gasteiger charge is -2.21. The minimum absolute atomic E-state index is 0.452. The van der Waals surface area contributed by atoms with Crippen LogP contribution in [0.15, 0.2) is 53.7 Å². The van der Waals surface area contributed by atoms with E-state index in [-0.39, 0.29) is 0 Å². The average Bonchev–Trinajstić information content (AvgIpc) is 2.89. The number of para-hydroxylation sites is 2. The number of hydrogen-bond acceptors (Lipinski definition) is 7. The smallest absolute Gasteiger partial charge is 0.247 e. The summed E-state index contributed by atoms with van der Waals surface area (Å²) in [6.07, 6.45) is 0.486. The molecule has 0 aliphatic carbocycles. The Labute approximate surface area is 168 Å². The van der Waals surface area contributed by atoms with Crippen molar-refractivity contribution in [3.8, 4) is 22.9 Å². The monoisotopic (exact) mass is 394 g/mol. The maximum Gasteiger partial charge on any atom is 0.247 e. The fourth-order valence-electron chi connectivity index (χ4n) is 3.02. The maximum absolute atomic E-state index is 6.32. The lowest BCUT2D eigenvalue weighted by atomic mass is 10.1. The Balaban J connectivity index is 1.79. The SMILES string of the molecule is CCCOc1ccccc1C1Nc2ccccc2-c2nnc(SCC)nc2O1. The van der Waals surface area contributed by atoms with E-state index in [1.54, 1.807) is 0 Å². The largest absolute Gasteiger partial charge is 0.493 e. The summed E-state index contributed by atoms with van der Waals surface area (Å²) in [6, 6.07) is 15.9. The zero-order valence-electron chi connectivity index (χ0n) is 15.9. The van der Waals surface area contributed by atoms with Gasteiger partial charge in [-0.05, 0) is 30.4 Å². The Morgan fingerprint density at radius 2 is 1.89 bits per heavy atom. The number of benzene rings is 2. The minimum atomic E-state index is -0.452. The quantitative estimate of drug-likeness (QED) is 0.594. The number of ether oxygens (including phenoxy) is 2. The summed E-state index contributed by atoms with van der Waals surface area (Å²) in [5.41, 5.74) is 3.39. The van der Waals surface area contributed by atoms with E-state index in [1.807, 2.05) is 48.5 Å². The van der Waals surface area contributed by atoms with Crippen LogP contribution in [0.4, 0.5) is 5.69 Å². The van der Waals surface area contributed by atoms with E-state index in [2.05, 4.69) is 34.3 Å². The first-order valence-electron chi connectivity index (χ1n) is 9.42. The number of anilines is 1. The number of aromatic nitrogens is 3. The third-order valence-electron chi connectivity index (χ3n) is 4.27. The van der Waals surface area contributed by atoms with Gasteiger partial charge in [-0.15, -0.1) is 10.2 Å². The second kappa shape index (κ2) is 8.48. The van der Waals surface area contributed by atoms with Crippen molar-refractivity contribution in [2.24, 2.45) is 0 Å². The number of hydrogen-bond donors (Lipinski definition) is 1. The van der Waals surface area contributed by atoms with Gasteiger partial charge in [0.15, 0.2) is 5.69 Å². The molecular formula is C21H22N4O2S. The Kier molecular flexibility index (Phi) is 5.62. The van der Waals surface area contributed by atoms with Crippen LogP contribution in [-0.4, -0.2) is 27.5 Å². The zero-order chi connectivity index (χ0) is 19.3. The number of fused-ring (bicyclic) bond motifs is 3. The minimum Gasteiger partial charge on any atom is -0.493 e. The zero-order valence-corrected chi connectivity index (χ0v) is 16.7. The predicted molar refractivity (Wildman–Crippen MR) is 111 cm³/mol. The molecule has 3 aromatic rings. The summed E-state index contributed by atoms with van der Waals surface area (Å²) < 4.78 is 12.3.